The van der Waals surface area contributed by atoms with Crippen LogP contribution in [0.15, 0.2) is 0 Å². The molecular formula is C10H23N3O2. The molecule has 90 valence electrons. The third-order valence-corrected chi connectivity index (χ3v) is 2.12. The van der Waals surface area contributed by atoms with Gasteiger partial charge in [-0.1, -0.05) is 20.3 Å². The summed E-state index contributed by atoms with van der Waals surface area (Å²) in [5.41, 5.74) is 5.14. The number of carbonyl (C=O) groups is 2. The highest BCUT2D eigenvalue weighted by Crippen LogP contribution is 2.13. The first-order chi connectivity index (χ1) is 6.65. The van der Waals surface area contributed by atoms with E-state index in [9.17, 15) is 9.59 Å². The molecule has 0 aromatic carbocycles. The molecule has 5 nitrogen and oxygen atoms in total. The molecule has 1 rings (SSSR count). The predicted molar refractivity (Wildman–Crippen MR) is 60.5 cm³/mol. The third kappa shape index (κ3) is 7.04. The van der Waals surface area contributed by atoms with Crippen molar-refractivity contribution in [2.75, 3.05) is 6.54 Å². The van der Waals surface area contributed by atoms with Crippen LogP contribution >= 0.6 is 0 Å². The number of nitrogens with one attached hydrogen (secondary N) is 1. The van der Waals surface area contributed by atoms with Crippen molar-refractivity contribution in [3.05, 3.63) is 0 Å². The first kappa shape index (κ1) is 16.5. The van der Waals surface area contributed by atoms with Gasteiger partial charge in [0.2, 0.25) is 11.8 Å². The summed E-state index contributed by atoms with van der Waals surface area (Å²) in [5.74, 6) is -0.299. The van der Waals surface area contributed by atoms with Crippen LogP contribution in [0.5, 0.6) is 0 Å². The number of nitrogens with two attached hydrogens (primary N) is 1. The highest BCUT2D eigenvalue weighted by atomic mass is 16.2. The molecule has 0 aliphatic carbocycles. The van der Waals surface area contributed by atoms with E-state index in [-0.39, 0.29) is 23.9 Å². The highest BCUT2D eigenvalue weighted by Gasteiger charge is 2.28. The van der Waals surface area contributed by atoms with Crippen molar-refractivity contribution in [2.24, 2.45) is 11.7 Å². The maximum absolute atomic E-state index is 10.7. The molecule has 0 bridgehead atoms. The molecule has 1 heterocycles. The lowest BCUT2D eigenvalue weighted by Crippen LogP contribution is -2.21. The van der Waals surface area contributed by atoms with Gasteiger partial charge in [-0.25, -0.2) is 0 Å². The fourth-order valence-corrected chi connectivity index (χ4v) is 1.14. The fourth-order valence-electron chi connectivity index (χ4n) is 1.14. The summed E-state index contributed by atoms with van der Waals surface area (Å²) in [6, 6.07) is 0. The van der Waals surface area contributed by atoms with Crippen molar-refractivity contribution < 1.29 is 9.59 Å². The van der Waals surface area contributed by atoms with Crippen molar-refractivity contribution in [3.8, 4) is 0 Å². The topological polar surface area (TPSA) is 107 Å². The minimum absolute atomic E-state index is 0. The first-order valence-corrected chi connectivity index (χ1v) is 5.19. The second-order valence-electron chi connectivity index (χ2n) is 3.36. The second-order valence-corrected chi connectivity index (χ2v) is 3.36. The molecule has 6 N–H and O–H groups in total. The molecule has 2 amide bonds. The standard InChI is InChI=1S/C6H9NO2.C4H11N.H3N/c1-2-4-3-5(8)7-6(4)9;1-2-3-4-5;/h4H,2-3H2,1H3,(H,7,8,9);2-5H2,1H3;1H3. The summed E-state index contributed by atoms with van der Waals surface area (Å²) in [7, 11) is 0. The fraction of sp³-hybridized carbons (Fsp3) is 0.800. The van der Waals surface area contributed by atoms with E-state index >= 15 is 0 Å². The number of carbonyl (C=O) groups excluding carboxylic acids is 2. The molecule has 0 aromatic rings. The normalized spacial score (nSPS) is 18.7. The summed E-state index contributed by atoms with van der Waals surface area (Å²) in [6.07, 6.45) is 3.53. The van der Waals surface area contributed by atoms with E-state index in [4.69, 9.17) is 5.73 Å². The van der Waals surface area contributed by atoms with Crippen LogP contribution in [-0.2, 0) is 9.59 Å². The van der Waals surface area contributed by atoms with Gasteiger partial charge in [0.05, 0.1) is 0 Å². The Balaban J connectivity index is 0. The van der Waals surface area contributed by atoms with Gasteiger partial charge < -0.3 is 11.9 Å². The average molecular weight is 217 g/mol. The van der Waals surface area contributed by atoms with Crippen LogP contribution in [0.25, 0.3) is 0 Å². The van der Waals surface area contributed by atoms with Gasteiger partial charge in [-0.15, -0.1) is 0 Å². The van der Waals surface area contributed by atoms with Crippen LogP contribution in [-0.4, -0.2) is 18.4 Å². The molecule has 0 saturated carbocycles. The highest BCUT2D eigenvalue weighted by molar-refractivity contribution is 6.03. The number of amides is 2. The Bertz CT molecular complexity index is 193. The van der Waals surface area contributed by atoms with E-state index in [0.717, 1.165) is 13.0 Å². The van der Waals surface area contributed by atoms with Crippen LogP contribution < -0.4 is 17.2 Å². The zero-order valence-electron chi connectivity index (χ0n) is 9.71. The predicted octanol–water partition coefficient (Wildman–Crippen LogP) is 0.966. The third-order valence-electron chi connectivity index (χ3n) is 2.12. The van der Waals surface area contributed by atoms with E-state index in [1.54, 1.807) is 0 Å². The largest absolute Gasteiger partial charge is 0.344 e. The van der Waals surface area contributed by atoms with Gasteiger partial charge in [-0.05, 0) is 19.4 Å². The van der Waals surface area contributed by atoms with E-state index in [2.05, 4.69) is 12.2 Å². The molecular weight excluding hydrogens is 194 g/mol. The molecule has 1 aliphatic heterocycles. The monoisotopic (exact) mass is 217 g/mol. The smallest absolute Gasteiger partial charge is 0.230 e. The Hall–Kier alpha value is -0.940. The Kier molecular flexibility index (Phi) is 10.6. The minimum Gasteiger partial charge on any atom is -0.344 e. The van der Waals surface area contributed by atoms with Crippen LogP contribution in [0, 0.1) is 5.92 Å². The molecule has 1 atom stereocenters. The summed E-state index contributed by atoms with van der Waals surface area (Å²) < 4.78 is 0. The van der Waals surface area contributed by atoms with Crippen LogP contribution in [0.1, 0.15) is 39.5 Å². The van der Waals surface area contributed by atoms with Crippen LogP contribution in [0.4, 0.5) is 0 Å². The van der Waals surface area contributed by atoms with Gasteiger partial charge in [0.1, 0.15) is 0 Å². The van der Waals surface area contributed by atoms with Gasteiger partial charge in [0, 0.05) is 12.3 Å². The lowest BCUT2D eigenvalue weighted by molar-refractivity contribution is -0.125. The van der Waals surface area contributed by atoms with Gasteiger partial charge >= 0.3 is 0 Å². The zero-order chi connectivity index (χ0) is 11.0. The Morgan fingerprint density at radius 2 is 2.00 bits per heavy atom. The SMILES string of the molecule is CCC1CC(=O)NC1=O.CCCCN.N. The molecule has 1 unspecified atom stereocenters. The molecule has 1 aliphatic rings. The lowest BCUT2D eigenvalue weighted by Gasteiger charge is -1.96. The minimum atomic E-state index is -0.133. The second kappa shape index (κ2) is 9.61. The Labute approximate surface area is 91.4 Å². The summed E-state index contributed by atoms with van der Waals surface area (Å²) >= 11 is 0. The summed E-state index contributed by atoms with van der Waals surface area (Å²) in [6.45, 7) is 4.88. The van der Waals surface area contributed by atoms with Gasteiger partial charge in [0.25, 0.3) is 0 Å². The van der Waals surface area contributed by atoms with E-state index in [1.807, 2.05) is 6.92 Å². The molecule has 1 fully saturated rings. The van der Waals surface area contributed by atoms with Crippen LogP contribution in [0.3, 0.4) is 0 Å². The molecule has 0 radical (unpaired) electrons. The number of imide groups is 1. The molecule has 5 heteroatoms. The molecule has 1 saturated heterocycles. The number of rotatable bonds is 3. The van der Waals surface area contributed by atoms with Crippen molar-refractivity contribution in [1.29, 1.82) is 0 Å². The maximum atomic E-state index is 10.7. The average Bonchev–Trinajstić information content (AvgIpc) is 2.47. The number of hydrogen-bond acceptors (Lipinski definition) is 4. The number of unbranched alkanes of at least 4 members (excludes halogenated alkanes) is 1. The van der Waals surface area contributed by atoms with Crippen molar-refractivity contribution in [2.45, 2.75) is 39.5 Å². The van der Waals surface area contributed by atoms with Crippen molar-refractivity contribution >= 4 is 11.8 Å². The van der Waals surface area contributed by atoms with Crippen molar-refractivity contribution in [3.63, 3.8) is 0 Å². The van der Waals surface area contributed by atoms with Crippen molar-refractivity contribution in [1.82, 2.24) is 11.5 Å². The van der Waals surface area contributed by atoms with Crippen LogP contribution in [0.2, 0.25) is 0 Å². The molecule has 15 heavy (non-hydrogen) atoms. The van der Waals surface area contributed by atoms with Gasteiger partial charge in [-0.2, -0.15) is 0 Å². The van der Waals surface area contributed by atoms with E-state index < -0.39 is 0 Å². The Morgan fingerprint density at radius 1 is 1.40 bits per heavy atom. The molecule has 0 spiro atoms. The summed E-state index contributed by atoms with van der Waals surface area (Å²) in [5, 5.41) is 2.24. The molecule has 0 aromatic heterocycles. The quantitative estimate of drug-likeness (QED) is 0.612. The van der Waals surface area contributed by atoms with Gasteiger partial charge in [0.15, 0.2) is 0 Å². The number of hydrogen-bond donors (Lipinski definition) is 3. The maximum Gasteiger partial charge on any atom is 0.230 e. The lowest BCUT2D eigenvalue weighted by atomic mass is 10.1. The zero-order valence-corrected chi connectivity index (χ0v) is 9.71. The summed E-state index contributed by atoms with van der Waals surface area (Å²) in [4.78, 5) is 21.2. The van der Waals surface area contributed by atoms with E-state index in [0.29, 0.717) is 6.42 Å². The van der Waals surface area contributed by atoms with Gasteiger partial charge in [-0.3, -0.25) is 14.9 Å². The van der Waals surface area contributed by atoms with E-state index in [1.165, 1.54) is 12.8 Å². The first-order valence-electron chi connectivity index (χ1n) is 5.19. The Morgan fingerprint density at radius 3 is 2.13 bits per heavy atom.